The van der Waals surface area contributed by atoms with E-state index in [1.165, 1.54) is 40.4 Å². The predicted octanol–water partition coefficient (Wildman–Crippen LogP) is 5.40. The molecule has 1 saturated carbocycles. The first-order valence-corrected chi connectivity index (χ1v) is 11.2. The summed E-state index contributed by atoms with van der Waals surface area (Å²) in [5.74, 6) is 2.13. The average Bonchev–Trinajstić information content (AvgIpc) is 3.44. The fraction of sp³-hybridized carbons (Fsp3) is 0.423. The number of hydrogen-bond acceptors (Lipinski definition) is 3. The molecule has 5 heteroatoms. The monoisotopic (exact) mass is 418 g/mol. The molecular weight excluding hydrogens is 388 g/mol. The van der Waals surface area contributed by atoms with Gasteiger partial charge in [0.15, 0.2) is 0 Å². The third-order valence-electron chi connectivity index (χ3n) is 7.44. The number of aromatic amines is 1. The number of likely N-dealkylation sites (tertiary alicyclic amines) is 1. The number of aryl methyl sites for hydroxylation is 1. The molecule has 31 heavy (non-hydrogen) atoms. The summed E-state index contributed by atoms with van der Waals surface area (Å²) in [5, 5.41) is 10.5. The molecule has 0 radical (unpaired) electrons. The summed E-state index contributed by atoms with van der Waals surface area (Å²) in [7, 11) is 1.75. The van der Waals surface area contributed by atoms with Gasteiger partial charge in [-0.15, -0.1) is 0 Å². The first-order valence-electron chi connectivity index (χ1n) is 11.2. The number of nitrogens with zero attached hydrogens (tertiary/aromatic N) is 1. The maximum Gasteiger partial charge on any atom is 0.335 e. The van der Waals surface area contributed by atoms with Crippen molar-refractivity contribution in [3.63, 3.8) is 0 Å². The molecule has 2 N–H and O–H groups in total. The highest BCUT2D eigenvalue weighted by atomic mass is 16.5. The van der Waals surface area contributed by atoms with E-state index in [4.69, 9.17) is 4.74 Å². The van der Waals surface area contributed by atoms with Gasteiger partial charge < -0.3 is 14.8 Å². The van der Waals surface area contributed by atoms with Crippen LogP contribution in [0.25, 0.3) is 10.9 Å². The molecule has 3 aromatic rings. The summed E-state index contributed by atoms with van der Waals surface area (Å²) < 4.78 is 5.80. The molecule has 1 saturated heterocycles. The van der Waals surface area contributed by atoms with E-state index in [1.54, 1.807) is 19.2 Å². The van der Waals surface area contributed by atoms with Gasteiger partial charge in [-0.1, -0.05) is 19.1 Å². The van der Waals surface area contributed by atoms with Crippen LogP contribution in [0.15, 0.2) is 42.6 Å². The Bertz CT molecular complexity index is 1120. The Kier molecular flexibility index (Phi) is 5.01. The number of benzene rings is 2. The Morgan fingerprint density at radius 3 is 2.71 bits per heavy atom. The zero-order valence-electron chi connectivity index (χ0n) is 18.4. The van der Waals surface area contributed by atoms with E-state index in [0.717, 1.165) is 24.8 Å². The summed E-state index contributed by atoms with van der Waals surface area (Å²) in [5.41, 5.74) is 5.16. The highest BCUT2D eigenvalue weighted by molar-refractivity contribution is 5.88. The first kappa shape index (κ1) is 20.1. The van der Waals surface area contributed by atoms with Crippen LogP contribution in [-0.4, -0.2) is 34.6 Å². The van der Waals surface area contributed by atoms with Gasteiger partial charge in [0.2, 0.25) is 0 Å². The van der Waals surface area contributed by atoms with Gasteiger partial charge in [-0.25, -0.2) is 4.79 Å². The second kappa shape index (κ2) is 7.72. The van der Waals surface area contributed by atoms with Gasteiger partial charge in [-0.2, -0.15) is 0 Å². The molecule has 162 valence electrons. The van der Waals surface area contributed by atoms with Crippen LogP contribution in [-0.2, 0) is 6.54 Å². The van der Waals surface area contributed by atoms with E-state index < -0.39 is 5.97 Å². The molecule has 5 rings (SSSR count). The van der Waals surface area contributed by atoms with Crippen molar-refractivity contribution in [2.75, 3.05) is 13.7 Å². The summed E-state index contributed by atoms with van der Waals surface area (Å²) in [4.78, 5) is 17.3. The third kappa shape index (κ3) is 3.41. The SMILES string of the molecule is COc1cc(C)c2[nH]ccc2c1CN1C[C@@H]2CC(C)C[C@@H]2[C@H]1c1ccc(C(=O)O)cc1. The maximum absolute atomic E-state index is 11.3. The number of carboxylic acid groups (broad SMARTS) is 1. The van der Waals surface area contributed by atoms with Crippen molar-refractivity contribution in [3.8, 4) is 5.75 Å². The van der Waals surface area contributed by atoms with E-state index in [2.05, 4.69) is 35.9 Å². The van der Waals surface area contributed by atoms with Crippen molar-refractivity contribution in [2.24, 2.45) is 17.8 Å². The van der Waals surface area contributed by atoms with Crippen LogP contribution in [0.5, 0.6) is 5.75 Å². The molecule has 1 aliphatic carbocycles. The number of aromatic nitrogens is 1. The molecule has 4 atom stereocenters. The zero-order chi connectivity index (χ0) is 21.7. The molecule has 2 aliphatic rings. The highest BCUT2D eigenvalue weighted by Crippen LogP contribution is 2.52. The number of rotatable bonds is 5. The summed E-state index contributed by atoms with van der Waals surface area (Å²) in [6.45, 7) is 6.37. The minimum Gasteiger partial charge on any atom is -0.496 e. The molecular formula is C26H30N2O3. The normalized spacial score (nSPS) is 25.8. The van der Waals surface area contributed by atoms with E-state index in [9.17, 15) is 9.90 Å². The molecule has 5 nitrogen and oxygen atoms in total. The number of methoxy groups -OCH3 is 1. The topological polar surface area (TPSA) is 65.6 Å². The molecule has 2 fully saturated rings. The van der Waals surface area contributed by atoms with Gasteiger partial charge in [0.1, 0.15) is 5.75 Å². The summed E-state index contributed by atoms with van der Waals surface area (Å²) >= 11 is 0. The Labute approximate surface area is 183 Å². The quantitative estimate of drug-likeness (QED) is 0.582. The Balaban J connectivity index is 1.54. The van der Waals surface area contributed by atoms with Crippen molar-refractivity contribution in [1.82, 2.24) is 9.88 Å². The Morgan fingerprint density at radius 1 is 1.23 bits per heavy atom. The third-order valence-corrected chi connectivity index (χ3v) is 7.44. The van der Waals surface area contributed by atoms with Crippen LogP contribution in [0.3, 0.4) is 0 Å². The lowest BCUT2D eigenvalue weighted by Crippen LogP contribution is -2.26. The predicted molar refractivity (Wildman–Crippen MR) is 122 cm³/mol. The lowest BCUT2D eigenvalue weighted by molar-refractivity contribution is 0.0697. The van der Waals surface area contributed by atoms with Gasteiger partial charge in [0.05, 0.1) is 12.7 Å². The van der Waals surface area contributed by atoms with Crippen LogP contribution in [0.1, 0.15) is 52.9 Å². The van der Waals surface area contributed by atoms with Gasteiger partial charge >= 0.3 is 5.97 Å². The zero-order valence-corrected chi connectivity index (χ0v) is 18.4. The molecule has 1 aromatic heterocycles. The molecule has 1 aliphatic heterocycles. The van der Waals surface area contributed by atoms with Crippen molar-refractivity contribution in [1.29, 1.82) is 0 Å². The number of hydrogen-bond donors (Lipinski definition) is 2. The fourth-order valence-electron chi connectivity index (χ4n) is 6.16. The minimum atomic E-state index is -0.874. The van der Waals surface area contributed by atoms with E-state index in [0.29, 0.717) is 23.4 Å². The van der Waals surface area contributed by atoms with E-state index in [-0.39, 0.29) is 0 Å². The van der Waals surface area contributed by atoms with Crippen LogP contribution in [0.2, 0.25) is 0 Å². The molecule has 1 unspecified atom stereocenters. The first-order chi connectivity index (χ1) is 15.0. The number of carboxylic acids is 1. The van der Waals surface area contributed by atoms with Crippen LogP contribution in [0, 0.1) is 24.7 Å². The second-order valence-corrected chi connectivity index (χ2v) is 9.44. The highest BCUT2D eigenvalue weighted by Gasteiger charge is 2.47. The average molecular weight is 419 g/mol. The Hall–Kier alpha value is -2.79. The van der Waals surface area contributed by atoms with Crippen molar-refractivity contribution < 1.29 is 14.6 Å². The lowest BCUT2D eigenvalue weighted by Gasteiger charge is -2.30. The number of H-pyrrole nitrogens is 1. The Morgan fingerprint density at radius 2 is 2.00 bits per heavy atom. The number of aromatic carboxylic acids is 1. The molecule has 0 amide bonds. The van der Waals surface area contributed by atoms with Gasteiger partial charge in [0, 0.05) is 41.8 Å². The van der Waals surface area contributed by atoms with Gasteiger partial charge in [0.25, 0.3) is 0 Å². The van der Waals surface area contributed by atoms with Crippen LogP contribution >= 0.6 is 0 Å². The summed E-state index contributed by atoms with van der Waals surface area (Å²) in [6, 6.07) is 12.1. The van der Waals surface area contributed by atoms with Crippen LogP contribution < -0.4 is 4.74 Å². The van der Waals surface area contributed by atoms with E-state index in [1.807, 2.05) is 18.3 Å². The van der Waals surface area contributed by atoms with Gasteiger partial charge in [-0.3, -0.25) is 4.90 Å². The molecule has 2 aromatic carbocycles. The van der Waals surface area contributed by atoms with Crippen LogP contribution in [0.4, 0.5) is 0 Å². The van der Waals surface area contributed by atoms with E-state index >= 15 is 0 Å². The largest absolute Gasteiger partial charge is 0.496 e. The van der Waals surface area contributed by atoms with Crippen molar-refractivity contribution >= 4 is 16.9 Å². The summed E-state index contributed by atoms with van der Waals surface area (Å²) in [6.07, 6.45) is 4.51. The lowest BCUT2D eigenvalue weighted by atomic mass is 9.88. The number of ether oxygens (including phenoxy) is 1. The van der Waals surface area contributed by atoms with Gasteiger partial charge in [-0.05, 0) is 72.9 Å². The number of nitrogens with one attached hydrogen (secondary N) is 1. The smallest absolute Gasteiger partial charge is 0.335 e. The van der Waals surface area contributed by atoms with Crippen molar-refractivity contribution in [2.45, 2.75) is 39.3 Å². The molecule has 0 bridgehead atoms. The number of fused-ring (bicyclic) bond motifs is 2. The number of carbonyl (C=O) groups is 1. The fourth-order valence-corrected chi connectivity index (χ4v) is 6.16. The van der Waals surface area contributed by atoms with Crippen molar-refractivity contribution in [3.05, 3.63) is 64.8 Å². The second-order valence-electron chi connectivity index (χ2n) is 9.44. The maximum atomic E-state index is 11.3. The molecule has 2 heterocycles. The standard InChI is InChI=1S/C26H30N2O3/c1-15-10-19-13-28(14-22-20-8-9-27-24(20)16(2)12-23(22)31-3)25(21(19)11-15)17-4-6-18(7-5-17)26(29)30/h4-9,12,15,19,21,25,27H,10-11,13-14H2,1-3H3,(H,29,30)/t15?,19-,21-,25+/m0/s1. The molecule has 0 spiro atoms. The minimum absolute atomic E-state index is 0.304.